The number of hydrogen-bond donors (Lipinski definition) is 0. The molecule has 0 amide bonds. The molecule has 0 fully saturated rings. The van der Waals surface area contributed by atoms with E-state index in [2.05, 4.69) is 107 Å². The first-order valence-corrected chi connectivity index (χ1v) is 44.6. The maximum Gasteiger partial charge on any atom is 0.194 e. The number of carbonyl (C=O) groups is 2. The van der Waals surface area contributed by atoms with Crippen LogP contribution >= 0.6 is 68.0 Å². The third-order valence-corrected chi connectivity index (χ3v) is 29.2. The van der Waals surface area contributed by atoms with Gasteiger partial charge in [-0.2, -0.15) is 21.0 Å². The maximum absolute atomic E-state index is 14.4. The van der Waals surface area contributed by atoms with Crippen molar-refractivity contribution in [3.8, 4) is 63.3 Å². The Labute approximate surface area is 644 Å². The van der Waals surface area contributed by atoms with Crippen LogP contribution in [0.25, 0.3) is 77.2 Å². The zero-order chi connectivity index (χ0) is 72.9. The minimum Gasteiger partial charge on any atom is -0.336 e. The van der Waals surface area contributed by atoms with Crippen LogP contribution in [-0.4, -0.2) is 16.1 Å². The first kappa shape index (κ1) is 78.0. The van der Waals surface area contributed by atoms with Crippen LogP contribution in [0, 0.1) is 51.2 Å². The lowest BCUT2D eigenvalue weighted by Gasteiger charge is -2.21. The second-order valence-electron chi connectivity index (χ2n) is 29.1. The van der Waals surface area contributed by atoms with Crippen molar-refractivity contribution in [3.63, 3.8) is 0 Å². The summed E-state index contributed by atoms with van der Waals surface area (Å²) in [5.74, 6) is -1.81. The van der Waals surface area contributed by atoms with Gasteiger partial charge in [0.2, 0.25) is 0 Å². The number of nitriles is 4. The van der Waals surface area contributed by atoms with Crippen molar-refractivity contribution >= 4 is 118 Å². The van der Waals surface area contributed by atoms with Crippen molar-refractivity contribution in [2.45, 2.75) is 272 Å². The van der Waals surface area contributed by atoms with E-state index in [0.29, 0.717) is 39.5 Å². The minimum atomic E-state index is -0.976. The molecule has 1 unspecified atom stereocenters. The van der Waals surface area contributed by atoms with Crippen molar-refractivity contribution in [2.75, 3.05) is 0 Å². The smallest absolute Gasteiger partial charge is 0.194 e. The first-order valence-electron chi connectivity index (χ1n) is 39.7. The number of thiophene rings is 6. The highest BCUT2D eigenvalue weighted by molar-refractivity contribution is 7.33. The summed E-state index contributed by atoms with van der Waals surface area (Å²) in [6, 6.07) is 38.9. The van der Waals surface area contributed by atoms with E-state index < -0.39 is 11.8 Å². The molecule has 11 rings (SSSR count). The van der Waals surface area contributed by atoms with Crippen LogP contribution in [0.4, 0.5) is 0 Å². The van der Waals surface area contributed by atoms with Gasteiger partial charge < -0.3 is 4.57 Å². The molecule has 104 heavy (non-hydrogen) atoms. The van der Waals surface area contributed by atoms with Crippen LogP contribution in [0.5, 0.6) is 0 Å². The van der Waals surface area contributed by atoms with E-state index in [1.54, 1.807) is 22.7 Å². The van der Waals surface area contributed by atoms with E-state index in [9.17, 15) is 30.6 Å². The highest BCUT2D eigenvalue weighted by Gasteiger charge is 2.40. The number of fused-ring (bicyclic) bond motifs is 5. The van der Waals surface area contributed by atoms with Crippen LogP contribution in [0.15, 0.2) is 102 Å². The monoisotopic (exact) mass is 1490 g/mol. The largest absolute Gasteiger partial charge is 0.336 e. The molecule has 9 aromatic rings. The van der Waals surface area contributed by atoms with Crippen LogP contribution in [0.3, 0.4) is 0 Å². The number of Topliss-reactive ketones (excluding diaryl/α,β-unsaturated/α-hetero) is 2. The lowest BCUT2D eigenvalue weighted by atomic mass is 9.86. The molecule has 1 atom stereocenters. The molecule has 2 aromatic carbocycles. The number of carbonyl (C=O) groups excluding carboxylic acids is 2. The number of nitrogens with zero attached hydrogens (tertiary/aromatic N) is 5. The molecule has 0 radical (unpaired) electrons. The van der Waals surface area contributed by atoms with E-state index in [1.165, 1.54) is 223 Å². The number of aryl methyl sites for hydroxylation is 4. The molecule has 7 heterocycles. The summed E-state index contributed by atoms with van der Waals surface area (Å²) in [4.78, 5) is 41.2. The number of rotatable bonds is 42. The van der Waals surface area contributed by atoms with Gasteiger partial charge in [0.05, 0.1) is 32.6 Å². The molecular formula is C91H105N5O2S6. The topological polar surface area (TPSA) is 134 Å². The van der Waals surface area contributed by atoms with Crippen LogP contribution in [-0.2, 0) is 25.7 Å². The zero-order valence-corrected chi connectivity index (χ0v) is 67.4. The Morgan fingerprint density at radius 1 is 0.423 bits per heavy atom. The van der Waals surface area contributed by atoms with E-state index in [4.69, 9.17) is 0 Å². The average molecular weight is 1490 g/mol. The van der Waals surface area contributed by atoms with Gasteiger partial charge in [0, 0.05) is 88.6 Å². The molecular weight excluding hydrogens is 1390 g/mol. The van der Waals surface area contributed by atoms with E-state index >= 15 is 0 Å². The fourth-order valence-corrected chi connectivity index (χ4v) is 23.6. The predicted octanol–water partition coefficient (Wildman–Crippen LogP) is 29.5. The normalized spacial score (nSPS) is 14.3. The van der Waals surface area contributed by atoms with Gasteiger partial charge in [-0.3, -0.25) is 9.59 Å². The molecule has 2 aliphatic rings. The lowest BCUT2D eigenvalue weighted by molar-refractivity contribution is 0.103. The Balaban J connectivity index is 1.06. The third kappa shape index (κ3) is 18.1. The number of unbranched alkanes of at least 4 members (excludes halogenated alkanes) is 22. The number of benzene rings is 2. The summed E-state index contributed by atoms with van der Waals surface area (Å²) in [6.07, 6.45) is 44.1. The quantitative estimate of drug-likeness (QED) is 0.0212. The lowest BCUT2D eigenvalue weighted by Crippen LogP contribution is -2.10. The average Bonchev–Trinajstić information content (AvgIpc) is 1.56. The van der Waals surface area contributed by atoms with Gasteiger partial charge in [-0.1, -0.05) is 244 Å². The Kier molecular flexibility index (Phi) is 29.3. The number of hydrogen-bond acceptors (Lipinski definition) is 12. The summed E-state index contributed by atoms with van der Waals surface area (Å²) >= 11 is 11.5. The zero-order valence-electron chi connectivity index (χ0n) is 62.5. The second-order valence-corrected chi connectivity index (χ2v) is 35.5. The first-order chi connectivity index (χ1) is 51.0. The third-order valence-electron chi connectivity index (χ3n) is 21.4. The molecule has 0 saturated carbocycles. The van der Waals surface area contributed by atoms with Gasteiger partial charge >= 0.3 is 0 Å². The second kappa shape index (κ2) is 39.0. The predicted molar refractivity (Wildman–Crippen MR) is 448 cm³/mol. The van der Waals surface area contributed by atoms with E-state index in [1.807, 2.05) is 106 Å². The molecule has 0 saturated heterocycles. The number of ketones is 2. The summed E-state index contributed by atoms with van der Waals surface area (Å²) in [5, 5.41) is 41.2. The van der Waals surface area contributed by atoms with Crippen molar-refractivity contribution in [1.29, 1.82) is 21.0 Å². The van der Waals surface area contributed by atoms with Crippen molar-refractivity contribution in [2.24, 2.45) is 5.92 Å². The number of aromatic nitrogens is 1. The molecule has 7 nitrogen and oxygen atoms in total. The fourth-order valence-electron chi connectivity index (χ4n) is 15.9. The van der Waals surface area contributed by atoms with Crippen molar-refractivity contribution in [1.82, 2.24) is 4.57 Å². The van der Waals surface area contributed by atoms with E-state index in [-0.39, 0.29) is 17.1 Å². The Bertz CT molecular complexity index is 4650. The molecule has 0 N–H and O–H groups in total. The van der Waals surface area contributed by atoms with Crippen LogP contribution in [0.2, 0.25) is 0 Å². The maximum atomic E-state index is 14.4. The van der Waals surface area contributed by atoms with Gasteiger partial charge in [-0.25, -0.2) is 0 Å². The van der Waals surface area contributed by atoms with Crippen molar-refractivity contribution < 1.29 is 9.59 Å². The molecule has 542 valence electrons. The summed E-state index contributed by atoms with van der Waals surface area (Å²) in [7, 11) is 0. The summed E-state index contributed by atoms with van der Waals surface area (Å²) < 4.78 is 5.67. The summed E-state index contributed by atoms with van der Waals surface area (Å²) in [5.41, 5.74) is 12.1. The summed E-state index contributed by atoms with van der Waals surface area (Å²) in [6.45, 7) is 13.8. The Hall–Kier alpha value is -7.04. The van der Waals surface area contributed by atoms with Gasteiger partial charge in [0.1, 0.15) is 23.6 Å². The molecule has 0 aliphatic heterocycles. The molecule has 0 bridgehead atoms. The fraction of sp³-hybridized carbons (Fsp3) is 0.473. The van der Waals surface area contributed by atoms with Gasteiger partial charge in [0.25, 0.3) is 0 Å². The molecule has 13 heteroatoms. The Morgan fingerprint density at radius 3 is 1.26 bits per heavy atom. The molecule has 7 aromatic heterocycles. The highest BCUT2D eigenvalue weighted by atomic mass is 32.1. The van der Waals surface area contributed by atoms with Gasteiger partial charge in [-0.15, -0.1) is 68.0 Å². The SMILES string of the molecule is CCCCCCCCC(CCCCCCCC)n1c2cc(-c3sc(-c4sc(/C=C5\C(=O)c6ccccc6C5=C(C#N)C#N)cc4CCCCCC)cc3CCCCCC)sc2c2sc(-c3sc(-c4sc(/C=C5\C(=O)c6ccccc6C5C(C#N)C#N)cc4CCCCCC)cc3CCCCCC)cc21. The highest BCUT2D eigenvalue weighted by Crippen LogP contribution is 2.55. The van der Waals surface area contributed by atoms with Crippen molar-refractivity contribution in [3.05, 3.63) is 156 Å². The number of allylic oxidation sites excluding steroid dienone is 4. The molecule has 0 spiro atoms. The standard InChI is InChI=1S/C91H105N5O2S6/c1-7-13-19-25-27-33-43-67(44-34-28-26-20-14-8-2)96-76-55-80(88-63(41-31-23-17-11-5)51-78(101-88)86-61(39-29-21-15-9-3)49-68(99-86)53-74-82(65(57-92)58-93)70-45-35-37-47-72(70)84(74)97)103-90(76)91-77(96)56-81(104-91)89-64(42-32-24-18-12-6)52-79(102-89)87-62(40-30-22-16-10-4)50-69(100-87)54-75-83(66(59-94)60-95)71-46-36-38-48-73(71)85(75)98/h35-38,45-56,65,67,82H,7-34,39-44H2,1-6H3/b74-53-,75-54-. The Morgan fingerprint density at radius 2 is 0.808 bits per heavy atom. The molecule has 2 aliphatic carbocycles. The van der Waals surface area contributed by atoms with Crippen LogP contribution in [0.1, 0.15) is 310 Å². The van der Waals surface area contributed by atoms with E-state index in [0.717, 1.165) is 92.4 Å². The van der Waals surface area contributed by atoms with Gasteiger partial charge in [-0.05, 0) is 146 Å². The van der Waals surface area contributed by atoms with Crippen LogP contribution < -0.4 is 0 Å². The minimum absolute atomic E-state index is 0.0363. The van der Waals surface area contributed by atoms with Gasteiger partial charge in [0.15, 0.2) is 11.6 Å².